The van der Waals surface area contributed by atoms with Gasteiger partial charge in [-0.15, -0.1) is 0 Å². The number of carboxylic acid groups (broad SMARTS) is 1. The minimum atomic E-state index is -0.989. The number of ether oxygens (including phenoxy) is 1. The first-order chi connectivity index (χ1) is 10.2. The van der Waals surface area contributed by atoms with Crippen LogP contribution in [0.4, 0.5) is 9.59 Å². The van der Waals surface area contributed by atoms with Gasteiger partial charge in [0.15, 0.2) is 0 Å². The van der Waals surface area contributed by atoms with E-state index < -0.39 is 6.09 Å². The SMILES string of the molecule is CCCCOC(=O)NCC1(C)CC(NC(=O)O)CC(C)(C)C1. The summed E-state index contributed by atoms with van der Waals surface area (Å²) in [4.78, 5) is 22.6. The Bertz CT molecular complexity index is 398. The second-order valence-corrected chi connectivity index (χ2v) is 7.55. The number of hydrogen-bond acceptors (Lipinski definition) is 3. The molecule has 0 aromatic heterocycles. The number of nitrogens with one attached hydrogen (secondary N) is 2. The highest BCUT2D eigenvalue weighted by molar-refractivity contribution is 5.67. The Hall–Kier alpha value is -1.46. The van der Waals surface area contributed by atoms with Crippen molar-refractivity contribution in [3.8, 4) is 0 Å². The molecule has 2 unspecified atom stereocenters. The van der Waals surface area contributed by atoms with Crippen molar-refractivity contribution in [2.75, 3.05) is 13.2 Å². The van der Waals surface area contributed by atoms with Crippen LogP contribution < -0.4 is 10.6 Å². The molecule has 1 fully saturated rings. The van der Waals surface area contributed by atoms with E-state index in [0.29, 0.717) is 13.2 Å². The van der Waals surface area contributed by atoms with Crippen LogP contribution in [0.1, 0.15) is 59.8 Å². The largest absolute Gasteiger partial charge is 0.465 e. The summed E-state index contributed by atoms with van der Waals surface area (Å²) in [6.45, 7) is 9.35. The number of hydrogen-bond donors (Lipinski definition) is 3. The highest BCUT2D eigenvalue weighted by atomic mass is 16.5. The van der Waals surface area contributed by atoms with Gasteiger partial charge in [-0.1, -0.05) is 34.1 Å². The topological polar surface area (TPSA) is 87.7 Å². The van der Waals surface area contributed by atoms with Gasteiger partial charge in [0.25, 0.3) is 0 Å². The molecule has 3 N–H and O–H groups in total. The van der Waals surface area contributed by atoms with Crippen LogP contribution in [0.15, 0.2) is 0 Å². The van der Waals surface area contributed by atoms with E-state index in [-0.39, 0.29) is 23.0 Å². The molecule has 1 rings (SSSR count). The molecule has 0 aromatic carbocycles. The van der Waals surface area contributed by atoms with Gasteiger partial charge in [0.2, 0.25) is 0 Å². The molecule has 0 heterocycles. The number of unbranched alkanes of at least 4 members (excludes halogenated alkanes) is 1. The predicted molar refractivity (Wildman–Crippen MR) is 84.9 cm³/mol. The normalized spacial score (nSPS) is 27.0. The summed E-state index contributed by atoms with van der Waals surface area (Å²) in [6.07, 6.45) is 2.95. The van der Waals surface area contributed by atoms with Crippen molar-refractivity contribution in [1.82, 2.24) is 10.6 Å². The van der Waals surface area contributed by atoms with Gasteiger partial charge < -0.3 is 20.5 Å². The van der Waals surface area contributed by atoms with Crippen LogP contribution in [0.3, 0.4) is 0 Å². The average Bonchev–Trinajstić information content (AvgIpc) is 2.33. The lowest BCUT2D eigenvalue weighted by atomic mass is 9.62. The van der Waals surface area contributed by atoms with Crippen molar-refractivity contribution in [2.24, 2.45) is 10.8 Å². The molecule has 0 radical (unpaired) electrons. The predicted octanol–water partition coefficient (Wildman–Crippen LogP) is 3.37. The molecule has 1 aliphatic rings. The number of amides is 2. The molecule has 6 heteroatoms. The molecule has 128 valence electrons. The fourth-order valence-electron chi connectivity index (χ4n) is 3.69. The Morgan fingerprint density at radius 1 is 1.27 bits per heavy atom. The van der Waals surface area contributed by atoms with Gasteiger partial charge in [-0.25, -0.2) is 9.59 Å². The van der Waals surface area contributed by atoms with Gasteiger partial charge in [-0.3, -0.25) is 0 Å². The van der Waals surface area contributed by atoms with E-state index in [1.54, 1.807) is 0 Å². The van der Waals surface area contributed by atoms with Crippen LogP contribution in [0, 0.1) is 10.8 Å². The van der Waals surface area contributed by atoms with Gasteiger partial charge in [0.05, 0.1) is 6.61 Å². The molecule has 0 spiro atoms. The summed E-state index contributed by atoms with van der Waals surface area (Å²) in [7, 11) is 0. The number of carbonyl (C=O) groups excluding carboxylic acids is 1. The molecular weight excluding hydrogens is 284 g/mol. The zero-order valence-corrected chi connectivity index (χ0v) is 14.2. The summed E-state index contributed by atoms with van der Waals surface area (Å²) in [5.41, 5.74) is -0.105. The van der Waals surface area contributed by atoms with Gasteiger partial charge in [0, 0.05) is 12.6 Å². The van der Waals surface area contributed by atoms with E-state index in [2.05, 4.69) is 31.4 Å². The Balaban J connectivity index is 2.54. The Morgan fingerprint density at radius 2 is 1.95 bits per heavy atom. The lowest BCUT2D eigenvalue weighted by Crippen LogP contribution is -2.50. The monoisotopic (exact) mass is 314 g/mol. The molecule has 0 bridgehead atoms. The number of carbonyl (C=O) groups is 2. The first-order valence-corrected chi connectivity index (χ1v) is 8.06. The quantitative estimate of drug-likeness (QED) is 0.656. The van der Waals surface area contributed by atoms with Crippen LogP contribution in [0.25, 0.3) is 0 Å². The van der Waals surface area contributed by atoms with Crippen molar-refractivity contribution < 1.29 is 19.4 Å². The van der Waals surface area contributed by atoms with Crippen molar-refractivity contribution in [3.05, 3.63) is 0 Å². The smallest absolute Gasteiger partial charge is 0.407 e. The number of alkyl carbamates (subject to hydrolysis) is 1. The molecule has 2 atom stereocenters. The fourth-order valence-corrected chi connectivity index (χ4v) is 3.69. The molecule has 0 aliphatic heterocycles. The second kappa shape index (κ2) is 7.70. The molecule has 0 aromatic rings. The van der Waals surface area contributed by atoms with Crippen LogP contribution in [0.5, 0.6) is 0 Å². The zero-order valence-electron chi connectivity index (χ0n) is 14.2. The first-order valence-electron chi connectivity index (χ1n) is 8.06. The molecule has 22 heavy (non-hydrogen) atoms. The van der Waals surface area contributed by atoms with Gasteiger partial charge in [-0.2, -0.15) is 0 Å². The highest BCUT2D eigenvalue weighted by Crippen LogP contribution is 2.45. The molecular formula is C16H30N2O4. The van der Waals surface area contributed by atoms with E-state index in [0.717, 1.165) is 32.1 Å². The maximum absolute atomic E-state index is 11.7. The van der Waals surface area contributed by atoms with Crippen LogP contribution in [-0.4, -0.2) is 36.5 Å². The Kier molecular flexibility index (Phi) is 6.50. The van der Waals surface area contributed by atoms with E-state index in [9.17, 15) is 9.59 Å². The highest BCUT2D eigenvalue weighted by Gasteiger charge is 2.41. The fraction of sp³-hybridized carbons (Fsp3) is 0.875. The Labute approximate surface area is 133 Å². The maximum Gasteiger partial charge on any atom is 0.407 e. The average molecular weight is 314 g/mol. The van der Waals surface area contributed by atoms with E-state index >= 15 is 0 Å². The Morgan fingerprint density at radius 3 is 2.55 bits per heavy atom. The number of rotatable bonds is 6. The van der Waals surface area contributed by atoms with Gasteiger partial charge >= 0.3 is 12.2 Å². The minimum absolute atomic E-state index is 0.0356. The lowest BCUT2D eigenvalue weighted by Gasteiger charge is -2.46. The lowest BCUT2D eigenvalue weighted by molar-refractivity contribution is 0.0663. The minimum Gasteiger partial charge on any atom is -0.465 e. The maximum atomic E-state index is 11.7. The summed E-state index contributed by atoms with van der Waals surface area (Å²) >= 11 is 0. The third-order valence-corrected chi connectivity index (χ3v) is 4.16. The summed E-state index contributed by atoms with van der Waals surface area (Å²) in [5, 5.41) is 14.4. The van der Waals surface area contributed by atoms with Crippen molar-refractivity contribution in [2.45, 2.75) is 65.8 Å². The molecule has 6 nitrogen and oxygen atoms in total. The zero-order chi connectivity index (χ0) is 16.8. The van der Waals surface area contributed by atoms with Gasteiger partial charge in [0.1, 0.15) is 0 Å². The van der Waals surface area contributed by atoms with Crippen LogP contribution >= 0.6 is 0 Å². The van der Waals surface area contributed by atoms with Crippen LogP contribution in [0.2, 0.25) is 0 Å². The van der Waals surface area contributed by atoms with E-state index in [1.807, 2.05) is 6.92 Å². The standard InChI is InChI=1S/C16H30N2O4/c1-5-6-7-22-14(21)17-11-16(4)9-12(18-13(19)20)8-15(2,3)10-16/h12,18H,5-11H2,1-4H3,(H,17,21)(H,19,20). The summed E-state index contributed by atoms with van der Waals surface area (Å²) in [5.74, 6) is 0. The third-order valence-electron chi connectivity index (χ3n) is 4.16. The van der Waals surface area contributed by atoms with Crippen molar-refractivity contribution in [1.29, 1.82) is 0 Å². The van der Waals surface area contributed by atoms with Gasteiger partial charge in [-0.05, 0) is 36.5 Å². The van der Waals surface area contributed by atoms with Crippen LogP contribution in [-0.2, 0) is 4.74 Å². The van der Waals surface area contributed by atoms with Crippen molar-refractivity contribution >= 4 is 12.2 Å². The van der Waals surface area contributed by atoms with E-state index in [4.69, 9.17) is 9.84 Å². The molecule has 1 aliphatic carbocycles. The van der Waals surface area contributed by atoms with Crippen molar-refractivity contribution in [3.63, 3.8) is 0 Å². The third kappa shape index (κ3) is 6.54. The molecule has 2 amide bonds. The first kappa shape index (κ1) is 18.6. The molecule has 1 saturated carbocycles. The summed E-state index contributed by atoms with van der Waals surface area (Å²) < 4.78 is 5.10. The molecule has 0 saturated heterocycles. The van der Waals surface area contributed by atoms with E-state index in [1.165, 1.54) is 0 Å². The second-order valence-electron chi connectivity index (χ2n) is 7.55. The summed E-state index contributed by atoms with van der Waals surface area (Å²) in [6, 6.07) is -0.0795.